The number of fused-ring (bicyclic) bond motifs is 3. The molecule has 0 bridgehead atoms. The summed E-state index contributed by atoms with van der Waals surface area (Å²) in [6.07, 6.45) is 6.91. The molecule has 122 valence electrons. The predicted octanol–water partition coefficient (Wildman–Crippen LogP) is 3.94. The van der Waals surface area contributed by atoms with Crippen LogP contribution < -0.4 is 0 Å². The van der Waals surface area contributed by atoms with Crippen molar-refractivity contribution < 1.29 is 4.79 Å². The van der Waals surface area contributed by atoms with Gasteiger partial charge in [0.2, 0.25) is 5.91 Å². The molecule has 0 aromatic carbocycles. The largest absolute Gasteiger partial charge is 0.342 e. The highest BCUT2D eigenvalue weighted by atomic mass is 35.5. The molecule has 7 heteroatoms. The number of thioether (sulfide) groups is 1. The van der Waals surface area contributed by atoms with Crippen molar-refractivity contribution in [1.82, 2.24) is 14.9 Å². The zero-order valence-electron chi connectivity index (χ0n) is 12.8. The molecule has 0 spiro atoms. The second kappa shape index (κ2) is 6.57. The first-order valence-corrected chi connectivity index (χ1v) is 10.3. The van der Waals surface area contributed by atoms with Crippen LogP contribution in [0.4, 0.5) is 0 Å². The lowest BCUT2D eigenvalue weighted by Crippen LogP contribution is -2.29. The van der Waals surface area contributed by atoms with E-state index in [0.29, 0.717) is 16.1 Å². The van der Waals surface area contributed by atoms with Crippen molar-refractivity contribution in [3.8, 4) is 0 Å². The van der Waals surface area contributed by atoms with Crippen LogP contribution in [0, 0.1) is 0 Å². The summed E-state index contributed by atoms with van der Waals surface area (Å²) in [6, 6.07) is 0. The normalized spacial score (nSPS) is 17.7. The van der Waals surface area contributed by atoms with Gasteiger partial charge in [-0.25, -0.2) is 9.97 Å². The highest BCUT2D eigenvalue weighted by Gasteiger charge is 2.22. The molecule has 0 N–H and O–H groups in total. The molecule has 1 aliphatic heterocycles. The van der Waals surface area contributed by atoms with Gasteiger partial charge in [0.05, 0.1) is 11.1 Å². The van der Waals surface area contributed by atoms with Crippen LogP contribution in [0.3, 0.4) is 0 Å². The predicted molar refractivity (Wildman–Crippen MR) is 95.6 cm³/mol. The van der Waals surface area contributed by atoms with Gasteiger partial charge in [0.1, 0.15) is 9.98 Å². The van der Waals surface area contributed by atoms with Gasteiger partial charge in [0.25, 0.3) is 0 Å². The average molecular weight is 368 g/mol. The summed E-state index contributed by atoms with van der Waals surface area (Å²) in [7, 11) is 0. The Balaban J connectivity index is 1.55. The highest BCUT2D eigenvalue weighted by molar-refractivity contribution is 7.99. The lowest BCUT2D eigenvalue weighted by atomic mass is 9.97. The van der Waals surface area contributed by atoms with Crippen molar-refractivity contribution in [3.63, 3.8) is 0 Å². The maximum atomic E-state index is 12.1. The number of nitrogens with zero attached hydrogens (tertiary/aromatic N) is 3. The Morgan fingerprint density at radius 1 is 1.17 bits per heavy atom. The maximum absolute atomic E-state index is 12.1. The Bertz CT molecular complexity index is 755. The molecule has 1 saturated heterocycles. The van der Waals surface area contributed by atoms with E-state index in [9.17, 15) is 4.79 Å². The van der Waals surface area contributed by atoms with Gasteiger partial charge in [0, 0.05) is 18.0 Å². The van der Waals surface area contributed by atoms with Gasteiger partial charge in [-0.05, 0) is 44.1 Å². The van der Waals surface area contributed by atoms with E-state index in [1.807, 2.05) is 4.90 Å². The van der Waals surface area contributed by atoms with E-state index >= 15 is 0 Å². The van der Waals surface area contributed by atoms with E-state index in [4.69, 9.17) is 11.6 Å². The molecule has 2 aromatic rings. The molecule has 4 rings (SSSR count). The van der Waals surface area contributed by atoms with Crippen molar-refractivity contribution in [1.29, 1.82) is 0 Å². The standard InChI is InChI=1S/C16H18ClN3OS2/c17-14-13-10-5-1-2-6-11(10)23-15(13)19-16(18-14)22-9-12(21)20-7-3-4-8-20/h1-9H2. The van der Waals surface area contributed by atoms with Crippen LogP contribution in [0.25, 0.3) is 10.2 Å². The summed E-state index contributed by atoms with van der Waals surface area (Å²) in [6.45, 7) is 1.77. The first-order valence-electron chi connectivity index (χ1n) is 8.11. The van der Waals surface area contributed by atoms with Crippen LogP contribution in [0.15, 0.2) is 5.16 Å². The highest BCUT2D eigenvalue weighted by Crippen LogP contribution is 2.39. The van der Waals surface area contributed by atoms with Gasteiger partial charge < -0.3 is 4.90 Å². The third kappa shape index (κ3) is 3.08. The Morgan fingerprint density at radius 2 is 1.96 bits per heavy atom. The molecule has 0 atom stereocenters. The summed E-state index contributed by atoms with van der Waals surface area (Å²) in [4.78, 5) is 25.6. The number of hydrogen-bond acceptors (Lipinski definition) is 5. The maximum Gasteiger partial charge on any atom is 0.233 e. The van der Waals surface area contributed by atoms with Crippen molar-refractivity contribution in [3.05, 3.63) is 15.6 Å². The number of halogens is 1. The Morgan fingerprint density at radius 3 is 2.78 bits per heavy atom. The minimum absolute atomic E-state index is 0.179. The van der Waals surface area contributed by atoms with Crippen LogP contribution in [0.1, 0.15) is 36.1 Å². The molecule has 3 heterocycles. The second-order valence-electron chi connectivity index (χ2n) is 6.06. The minimum Gasteiger partial charge on any atom is -0.342 e. The van der Waals surface area contributed by atoms with E-state index in [1.165, 1.54) is 35.0 Å². The quantitative estimate of drug-likeness (QED) is 0.468. The topological polar surface area (TPSA) is 46.1 Å². The van der Waals surface area contributed by atoms with Crippen LogP contribution >= 0.6 is 34.7 Å². The number of amides is 1. The molecular weight excluding hydrogens is 350 g/mol. The van der Waals surface area contributed by atoms with E-state index < -0.39 is 0 Å². The van der Waals surface area contributed by atoms with Gasteiger partial charge in [0.15, 0.2) is 5.16 Å². The van der Waals surface area contributed by atoms with Crippen molar-refractivity contribution >= 4 is 50.8 Å². The van der Waals surface area contributed by atoms with E-state index in [0.717, 1.165) is 49.0 Å². The molecule has 2 aliphatic rings. The van der Waals surface area contributed by atoms with E-state index in [2.05, 4.69) is 9.97 Å². The van der Waals surface area contributed by atoms with Gasteiger partial charge in [-0.1, -0.05) is 23.4 Å². The molecule has 0 unspecified atom stereocenters. The number of carbonyl (C=O) groups is 1. The van der Waals surface area contributed by atoms with Gasteiger partial charge in [-0.2, -0.15) is 0 Å². The number of aromatic nitrogens is 2. The molecule has 2 aromatic heterocycles. The number of aryl methyl sites for hydroxylation is 2. The van der Waals surface area contributed by atoms with Crippen LogP contribution in [0.2, 0.25) is 5.15 Å². The number of hydrogen-bond donors (Lipinski definition) is 0. The van der Waals surface area contributed by atoms with Gasteiger partial charge >= 0.3 is 0 Å². The van der Waals surface area contributed by atoms with Crippen molar-refractivity contribution in [2.24, 2.45) is 0 Å². The summed E-state index contributed by atoms with van der Waals surface area (Å²) in [5.74, 6) is 0.574. The average Bonchev–Trinajstić information content (AvgIpc) is 3.19. The first kappa shape index (κ1) is 15.7. The molecule has 4 nitrogen and oxygen atoms in total. The molecule has 0 saturated carbocycles. The van der Waals surface area contributed by atoms with E-state index in [1.54, 1.807) is 11.3 Å². The number of likely N-dealkylation sites (tertiary alicyclic amines) is 1. The number of carbonyl (C=O) groups excluding carboxylic acids is 1. The van der Waals surface area contributed by atoms with E-state index in [-0.39, 0.29) is 5.91 Å². The fourth-order valence-electron chi connectivity index (χ4n) is 3.34. The molecule has 1 fully saturated rings. The lowest BCUT2D eigenvalue weighted by molar-refractivity contribution is -0.127. The Hall–Kier alpha value is -0.850. The summed E-state index contributed by atoms with van der Waals surface area (Å²) >= 11 is 9.57. The first-order chi connectivity index (χ1) is 11.2. The third-order valence-corrected chi connectivity index (χ3v) is 6.82. The van der Waals surface area contributed by atoms with Crippen LogP contribution in [-0.4, -0.2) is 39.6 Å². The van der Waals surface area contributed by atoms with Crippen molar-refractivity contribution in [2.45, 2.75) is 43.7 Å². The summed E-state index contributed by atoms with van der Waals surface area (Å²) in [5.41, 5.74) is 1.35. The molecule has 23 heavy (non-hydrogen) atoms. The fourth-order valence-corrected chi connectivity index (χ4v) is 5.80. The number of thiophene rings is 1. The molecular formula is C16H18ClN3OS2. The minimum atomic E-state index is 0.179. The zero-order chi connectivity index (χ0) is 15.8. The summed E-state index contributed by atoms with van der Waals surface area (Å²) in [5, 5.41) is 2.21. The SMILES string of the molecule is O=C(CSc1nc(Cl)c2c3c(sc2n1)CCCC3)N1CCCC1. The monoisotopic (exact) mass is 367 g/mol. The lowest BCUT2D eigenvalue weighted by Gasteiger charge is -2.14. The number of rotatable bonds is 3. The smallest absolute Gasteiger partial charge is 0.233 e. The zero-order valence-corrected chi connectivity index (χ0v) is 15.2. The summed E-state index contributed by atoms with van der Waals surface area (Å²) < 4.78 is 0. The third-order valence-electron chi connectivity index (χ3n) is 4.53. The molecule has 0 radical (unpaired) electrons. The van der Waals surface area contributed by atoms with Gasteiger partial charge in [-0.3, -0.25) is 4.79 Å². The van der Waals surface area contributed by atoms with Crippen LogP contribution in [-0.2, 0) is 17.6 Å². The Labute approximate surface area is 148 Å². The van der Waals surface area contributed by atoms with Crippen LogP contribution in [0.5, 0.6) is 0 Å². The van der Waals surface area contributed by atoms with Crippen molar-refractivity contribution in [2.75, 3.05) is 18.8 Å². The van der Waals surface area contributed by atoms with Gasteiger partial charge in [-0.15, -0.1) is 11.3 Å². The molecule has 1 aliphatic carbocycles. The fraction of sp³-hybridized carbons (Fsp3) is 0.562. The molecule has 1 amide bonds. The second-order valence-corrected chi connectivity index (χ2v) is 8.45. The Kier molecular flexibility index (Phi) is 4.48.